The van der Waals surface area contributed by atoms with Crippen molar-refractivity contribution in [3.05, 3.63) is 199 Å². The summed E-state index contributed by atoms with van der Waals surface area (Å²) in [6.07, 6.45) is 1.73. The number of hydrogen-bond acceptors (Lipinski definition) is 3. The summed E-state index contributed by atoms with van der Waals surface area (Å²) >= 11 is 0. The van der Waals surface area contributed by atoms with E-state index in [1.54, 1.807) is 6.20 Å². The predicted molar refractivity (Wildman–Crippen MR) is 219 cm³/mol. The van der Waals surface area contributed by atoms with Crippen LogP contribution < -0.4 is 5.32 Å². The van der Waals surface area contributed by atoms with Crippen LogP contribution in [0.4, 0.5) is 5.69 Å². The predicted octanol–water partition coefficient (Wildman–Crippen LogP) is 12.1. The van der Waals surface area contributed by atoms with Gasteiger partial charge in [0.05, 0.1) is 11.4 Å². The number of fused-ring (bicyclic) bond motifs is 5. The maximum absolute atomic E-state index is 8.91. The van der Waals surface area contributed by atoms with Crippen molar-refractivity contribution in [1.29, 1.82) is 5.41 Å². The minimum Gasteiger partial charge on any atom is -0.360 e. The Balaban J connectivity index is 0.000000188. The van der Waals surface area contributed by atoms with E-state index < -0.39 is 0 Å². The molecule has 4 heteroatoms. The summed E-state index contributed by atoms with van der Waals surface area (Å²) in [6.45, 7) is 7.84. The summed E-state index contributed by atoms with van der Waals surface area (Å²) in [5.41, 5.74) is 9.90. The van der Waals surface area contributed by atoms with Gasteiger partial charge in [0.2, 0.25) is 0 Å². The molecule has 0 atom stereocenters. The largest absolute Gasteiger partial charge is 0.360 e. The molecule has 1 aromatic heterocycles. The summed E-state index contributed by atoms with van der Waals surface area (Å²) in [6, 6.07) is 58.0. The van der Waals surface area contributed by atoms with Crippen LogP contribution in [-0.4, -0.2) is 17.0 Å². The fraction of sp³-hybridized carbons (Fsp3) is 0.0213. The number of allylic oxidation sites excluding steroid dienone is 1. The van der Waals surface area contributed by atoms with Gasteiger partial charge in [0.1, 0.15) is 0 Å². The van der Waals surface area contributed by atoms with E-state index in [9.17, 15) is 0 Å². The molecule has 7 aromatic carbocycles. The number of aryl methyl sites for hydroxylation is 1. The molecule has 0 aliphatic heterocycles. The quantitative estimate of drug-likeness (QED) is 0.124. The first-order valence-electron chi connectivity index (χ1n) is 16.9. The van der Waals surface area contributed by atoms with E-state index in [2.05, 4.69) is 126 Å². The average molecular weight is 659 g/mol. The summed E-state index contributed by atoms with van der Waals surface area (Å²) < 4.78 is 2.27. The van der Waals surface area contributed by atoms with Crippen LogP contribution in [0.5, 0.6) is 0 Å². The third-order valence-corrected chi connectivity index (χ3v) is 9.17. The number of rotatable bonds is 8. The molecule has 0 radical (unpaired) electrons. The lowest BCUT2D eigenvalue weighted by molar-refractivity contribution is 1.01. The van der Waals surface area contributed by atoms with Crippen LogP contribution in [0.25, 0.3) is 54.8 Å². The molecule has 0 saturated heterocycles. The van der Waals surface area contributed by atoms with Crippen molar-refractivity contribution in [3.63, 3.8) is 0 Å². The Morgan fingerprint density at radius 3 is 1.78 bits per heavy atom. The number of para-hydroxylation sites is 2. The van der Waals surface area contributed by atoms with Crippen LogP contribution in [-0.2, 0) is 7.05 Å². The normalized spacial score (nSPS) is 11.2. The number of benzene rings is 7. The summed E-state index contributed by atoms with van der Waals surface area (Å²) in [5, 5.41) is 17.5. The molecular weight excluding hydrogens is 621 g/mol. The van der Waals surface area contributed by atoms with Crippen molar-refractivity contribution in [2.75, 3.05) is 5.32 Å². The Bertz CT molecular complexity index is 2490. The van der Waals surface area contributed by atoms with Gasteiger partial charge in [-0.15, -0.1) is 0 Å². The molecule has 8 rings (SSSR count). The van der Waals surface area contributed by atoms with Gasteiger partial charge in [-0.2, -0.15) is 0 Å². The molecule has 8 aromatic rings. The second-order valence-corrected chi connectivity index (χ2v) is 12.3. The van der Waals surface area contributed by atoms with Gasteiger partial charge in [-0.3, -0.25) is 10.4 Å². The number of aliphatic imine (C=N–C) groups is 1. The smallest absolute Gasteiger partial charge is 0.0870 e. The van der Waals surface area contributed by atoms with Gasteiger partial charge in [0.15, 0.2) is 0 Å². The Labute approximate surface area is 298 Å². The van der Waals surface area contributed by atoms with Gasteiger partial charge in [-0.05, 0) is 82.2 Å². The number of aromatic nitrogens is 1. The highest BCUT2D eigenvalue weighted by Crippen LogP contribution is 2.34. The Hall–Kier alpha value is -6.78. The van der Waals surface area contributed by atoms with E-state index in [4.69, 9.17) is 5.41 Å². The van der Waals surface area contributed by atoms with Gasteiger partial charge in [0.25, 0.3) is 0 Å². The molecular formula is C47H38N4. The zero-order valence-corrected chi connectivity index (χ0v) is 28.6. The highest BCUT2D eigenvalue weighted by molar-refractivity contribution is 6.20. The molecule has 0 bridgehead atoms. The lowest BCUT2D eigenvalue weighted by Crippen LogP contribution is -2.06. The molecule has 0 amide bonds. The maximum atomic E-state index is 8.91. The van der Waals surface area contributed by atoms with E-state index in [-0.39, 0.29) is 0 Å². The average Bonchev–Trinajstić information content (AvgIpc) is 3.50. The van der Waals surface area contributed by atoms with Crippen molar-refractivity contribution in [2.24, 2.45) is 12.0 Å². The third kappa shape index (κ3) is 6.89. The zero-order chi connectivity index (χ0) is 35.2. The van der Waals surface area contributed by atoms with E-state index in [1.807, 2.05) is 78.9 Å². The Morgan fingerprint density at radius 1 is 0.608 bits per heavy atom. The highest BCUT2D eigenvalue weighted by Gasteiger charge is 2.14. The topological polar surface area (TPSA) is 53.2 Å². The standard InChI is InChI=1S/C30H25N3.C17H13N/c1-22(29(32-2)21-33-28-16-10-5-11-17-28)30(31)27-19-25(23-12-6-3-7-13-23)18-26(20-27)24-14-8-4-9-15-24;1-18-15-9-5-4-8-14(15)17-13-7-3-2-6-12(13)10-11-16(17)18/h3-21,31,33H,1-2H2;2-11H,1H3/b29-21+,31-30?;. The number of nitrogens with one attached hydrogen (secondary N) is 2. The third-order valence-electron chi connectivity index (χ3n) is 9.17. The molecule has 0 unspecified atom stereocenters. The lowest BCUT2D eigenvalue weighted by atomic mass is 9.92. The van der Waals surface area contributed by atoms with E-state index >= 15 is 0 Å². The molecule has 0 aliphatic rings. The second-order valence-electron chi connectivity index (χ2n) is 12.3. The van der Waals surface area contributed by atoms with Crippen LogP contribution in [0.3, 0.4) is 0 Å². The number of anilines is 1. The lowest BCUT2D eigenvalue weighted by Gasteiger charge is -2.14. The van der Waals surface area contributed by atoms with Crippen LogP contribution in [0.2, 0.25) is 0 Å². The highest BCUT2D eigenvalue weighted by atomic mass is 14.9. The van der Waals surface area contributed by atoms with Crippen molar-refractivity contribution >= 4 is 50.7 Å². The van der Waals surface area contributed by atoms with E-state index in [0.717, 1.165) is 33.5 Å². The van der Waals surface area contributed by atoms with E-state index in [1.165, 1.54) is 32.6 Å². The van der Waals surface area contributed by atoms with Crippen molar-refractivity contribution < 1.29 is 0 Å². The fourth-order valence-electron chi connectivity index (χ4n) is 6.51. The molecule has 0 spiro atoms. The molecule has 51 heavy (non-hydrogen) atoms. The summed E-state index contributed by atoms with van der Waals surface area (Å²) in [4.78, 5) is 4.12. The Morgan fingerprint density at radius 2 is 1.16 bits per heavy atom. The molecule has 0 saturated carbocycles. The first-order valence-corrected chi connectivity index (χ1v) is 16.9. The van der Waals surface area contributed by atoms with Crippen LogP contribution in [0, 0.1) is 5.41 Å². The Kier molecular flexibility index (Phi) is 9.49. The van der Waals surface area contributed by atoms with Crippen molar-refractivity contribution in [2.45, 2.75) is 0 Å². The summed E-state index contributed by atoms with van der Waals surface area (Å²) in [7, 11) is 2.14. The molecule has 0 fully saturated rings. The van der Waals surface area contributed by atoms with Gasteiger partial charge in [-0.25, -0.2) is 0 Å². The van der Waals surface area contributed by atoms with Crippen LogP contribution >= 0.6 is 0 Å². The van der Waals surface area contributed by atoms with Gasteiger partial charge >= 0.3 is 0 Å². The molecule has 4 nitrogen and oxygen atoms in total. The minimum atomic E-state index is 0.304. The summed E-state index contributed by atoms with van der Waals surface area (Å²) in [5.74, 6) is 0. The first kappa shape index (κ1) is 32.8. The number of nitrogens with zero attached hydrogens (tertiary/aromatic N) is 2. The van der Waals surface area contributed by atoms with Crippen LogP contribution in [0.1, 0.15) is 5.56 Å². The van der Waals surface area contributed by atoms with Crippen LogP contribution in [0.15, 0.2) is 199 Å². The number of hydrogen-bond donors (Lipinski definition) is 2. The fourth-order valence-corrected chi connectivity index (χ4v) is 6.51. The molecule has 246 valence electrons. The zero-order valence-electron chi connectivity index (χ0n) is 28.6. The van der Waals surface area contributed by atoms with Gasteiger partial charge in [-0.1, -0.05) is 134 Å². The molecule has 0 aliphatic carbocycles. The van der Waals surface area contributed by atoms with Gasteiger partial charge < -0.3 is 9.88 Å². The van der Waals surface area contributed by atoms with Gasteiger partial charge in [0, 0.05) is 51.9 Å². The second kappa shape index (κ2) is 14.8. The molecule has 2 N–H and O–H groups in total. The monoisotopic (exact) mass is 658 g/mol. The maximum Gasteiger partial charge on any atom is 0.0870 e. The van der Waals surface area contributed by atoms with Crippen molar-refractivity contribution in [1.82, 2.24) is 4.57 Å². The minimum absolute atomic E-state index is 0.304. The molecule has 1 heterocycles. The SMILES string of the molecule is C=N/C(=C/Nc1ccccc1)C(=C)C(=N)c1cc(-c2ccccc2)cc(-c2ccccc2)c1.Cn1c2ccccc2c2c3ccccc3ccc21. The van der Waals surface area contributed by atoms with E-state index in [0.29, 0.717) is 17.0 Å². The van der Waals surface area contributed by atoms with Crippen molar-refractivity contribution in [3.8, 4) is 22.3 Å². The first-order chi connectivity index (χ1) is 25.0.